The quantitative estimate of drug-likeness (QED) is 0.146. The van der Waals surface area contributed by atoms with Gasteiger partial charge in [-0.3, -0.25) is 4.57 Å². The number of rotatable bonds is 8. The number of hydrogen-bond donors (Lipinski definition) is 0. The van der Waals surface area contributed by atoms with Crippen LogP contribution >= 0.6 is 0 Å². The van der Waals surface area contributed by atoms with Gasteiger partial charge in [0.15, 0.2) is 11.6 Å². The third-order valence-corrected chi connectivity index (χ3v) is 10.7. The lowest BCUT2D eigenvalue weighted by atomic mass is 9.97. The summed E-state index contributed by atoms with van der Waals surface area (Å²) in [4.78, 5) is 15.4. The van der Waals surface area contributed by atoms with Crippen LogP contribution in [0.15, 0.2) is 201 Å². The lowest BCUT2D eigenvalue weighted by molar-refractivity contribution is 0.953. The van der Waals surface area contributed by atoms with E-state index in [4.69, 9.17) is 15.0 Å². The predicted octanol–water partition coefficient (Wildman–Crippen LogP) is 13.2. The molecule has 0 bridgehead atoms. The predicted molar refractivity (Wildman–Crippen MR) is 238 cm³/mol. The molecular weight excluding hydrogens is 695 g/mol. The van der Waals surface area contributed by atoms with Crippen LogP contribution in [0, 0.1) is 0 Å². The summed E-state index contributed by atoms with van der Waals surface area (Å²) in [6, 6.07) is 59.7. The second kappa shape index (κ2) is 14.2. The summed E-state index contributed by atoms with van der Waals surface area (Å²) in [5.41, 5.74) is 11.9. The van der Waals surface area contributed by atoms with Gasteiger partial charge in [0, 0.05) is 38.2 Å². The van der Waals surface area contributed by atoms with Crippen LogP contribution in [0.1, 0.15) is 12.5 Å². The molecule has 0 fully saturated rings. The van der Waals surface area contributed by atoms with Crippen molar-refractivity contribution in [3.05, 3.63) is 206 Å². The number of fused-ring (bicyclic) bond motifs is 7. The minimum Gasteiger partial charge on any atom is -0.308 e. The fourth-order valence-electron chi connectivity index (χ4n) is 8.07. The van der Waals surface area contributed by atoms with Crippen LogP contribution in [0.4, 0.5) is 0 Å². The van der Waals surface area contributed by atoms with Crippen LogP contribution in [0.2, 0.25) is 0 Å². The van der Waals surface area contributed by atoms with Crippen LogP contribution in [0.3, 0.4) is 0 Å². The zero-order valence-corrected chi connectivity index (χ0v) is 31.4. The molecular formula is C52H37N5. The van der Waals surface area contributed by atoms with Gasteiger partial charge in [-0.25, -0.2) is 4.98 Å². The lowest BCUT2D eigenvalue weighted by Crippen LogP contribution is -2.06. The zero-order valence-electron chi connectivity index (χ0n) is 31.4. The minimum atomic E-state index is 0.568. The van der Waals surface area contributed by atoms with E-state index in [0.717, 1.165) is 66.3 Å². The van der Waals surface area contributed by atoms with E-state index in [9.17, 15) is 0 Å². The van der Waals surface area contributed by atoms with Crippen LogP contribution < -0.4 is 0 Å². The summed E-state index contributed by atoms with van der Waals surface area (Å²) in [5.74, 6) is 1.81. The molecule has 0 spiro atoms. The maximum absolute atomic E-state index is 5.20. The molecule has 0 N–H and O–H groups in total. The smallest absolute Gasteiger partial charge is 0.238 e. The molecule has 10 aromatic rings. The van der Waals surface area contributed by atoms with Gasteiger partial charge in [-0.15, -0.1) is 0 Å². The average molecular weight is 732 g/mol. The van der Waals surface area contributed by atoms with E-state index in [0.29, 0.717) is 17.6 Å². The molecule has 3 heterocycles. The van der Waals surface area contributed by atoms with Crippen LogP contribution in [-0.2, 0) is 0 Å². The van der Waals surface area contributed by atoms with Gasteiger partial charge in [-0.1, -0.05) is 170 Å². The van der Waals surface area contributed by atoms with E-state index >= 15 is 0 Å². The Bertz CT molecular complexity index is 3130. The van der Waals surface area contributed by atoms with Crippen molar-refractivity contribution in [1.82, 2.24) is 24.1 Å². The van der Waals surface area contributed by atoms with E-state index in [1.165, 1.54) is 16.3 Å². The maximum Gasteiger partial charge on any atom is 0.238 e. The van der Waals surface area contributed by atoms with Crippen LogP contribution in [0.25, 0.3) is 94.7 Å². The molecule has 5 heteroatoms. The highest BCUT2D eigenvalue weighted by Gasteiger charge is 2.24. The molecule has 3 aromatic heterocycles. The van der Waals surface area contributed by atoms with Crippen molar-refractivity contribution in [1.29, 1.82) is 0 Å². The van der Waals surface area contributed by atoms with Crippen LogP contribution in [-0.4, -0.2) is 24.1 Å². The van der Waals surface area contributed by atoms with Gasteiger partial charge in [-0.2, -0.15) is 9.97 Å². The number of benzene rings is 7. The third kappa shape index (κ3) is 5.85. The van der Waals surface area contributed by atoms with Crippen molar-refractivity contribution in [3.63, 3.8) is 0 Å². The molecule has 0 aliphatic rings. The first-order valence-corrected chi connectivity index (χ1v) is 19.2. The van der Waals surface area contributed by atoms with Gasteiger partial charge in [0.1, 0.15) is 0 Å². The Labute approximate surface area is 330 Å². The second-order valence-electron chi connectivity index (χ2n) is 14.1. The number of hydrogen-bond acceptors (Lipinski definition) is 3. The summed E-state index contributed by atoms with van der Waals surface area (Å²) >= 11 is 0. The fourth-order valence-corrected chi connectivity index (χ4v) is 8.07. The third-order valence-electron chi connectivity index (χ3n) is 10.7. The topological polar surface area (TPSA) is 48.5 Å². The average Bonchev–Trinajstić information content (AvgIpc) is 3.80. The van der Waals surface area contributed by atoms with Gasteiger partial charge in [-0.05, 0) is 54.0 Å². The van der Waals surface area contributed by atoms with Crippen molar-refractivity contribution >= 4 is 49.2 Å². The first kappa shape index (κ1) is 33.9. The zero-order chi connectivity index (χ0) is 38.3. The van der Waals surface area contributed by atoms with Gasteiger partial charge in [0.05, 0.1) is 27.8 Å². The first-order chi connectivity index (χ1) is 28.2. The monoisotopic (exact) mass is 731 g/mol. The summed E-state index contributed by atoms with van der Waals surface area (Å²) in [6.07, 6.45) is 7.93. The molecule has 0 aliphatic heterocycles. The Balaban J connectivity index is 1.31. The molecule has 270 valence electrons. The first-order valence-electron chi connectivity index (χ1n) is 19.2. The fraction of sp³-hybridized carbons (Fsp3) is 0.0192. The molecule has 0 atom stereocenters. The summed E-state index contributed by atoms with van der Waals surface area (Å²) in [7, 11) is 0. The van der Waals surface area contributed by atoms with Crippen molar-refractivity contribution in [2.45, 2.75) is 6.92 Å². The molecule has 0 aliphatic carbocycles. The van der Waals surface area contributed by atoms with Crippen molar-refractivity contribution < 1.29 is 0 Å². The normalized spacial score (nSPS) is 12.1. The Morgan fingerprint density at radius 1 is 0.509 bits per heavy atom. The Kier molecular flexibility index (Phi) is 8.46. The molecule has 57 heavy (non-hydrogen) atoms. The molecule has 0 radical (unpaired) electrons. The molecule has 0 amide bonds. The molecule has 5 nitrogen and oxygen atoms in total. The number of allylic oxidation sites excluding steroid dienone is 5. The molecule has 10 rings (SSSR count). The second-order valence-corrected chi connectivity index (χ2v) is 14.1. The summed E-state index contributed by atoms with van der Waals surface area (Å²) in [6.45, 7) is 5.99. The van der Waals surface area contributed by atoms with Crippen molar-refractivity contribution in [2.24, 2.45) is 0 Å². The number of aromatic nitrogens is 5. The molecule has 0 saturated heterocycles. The lowest BCUT2D eigenvalue weighted by Gasteiger charge is -2.17. The van der Waals surface area contributed by atoms with Gasteiger partial charge in [0.25, 0.3) is 0 Å². The van der Waals surface area contributed by atoms with E-state index in [-0.39, 0.29) is 0 Å². The highest BCUT2D eigenvalue weighted by atomic mass is 15.2. The van der Waals surface area contributed by atoms with Crippen LogP contribution in [0.5, 0.6) is 0 Å². The van der Waals surface area contributed by atoms with E-state index < -0.39 is 0 Å². The largest absolute Gasteiger partial charge is 0.308 e. The molecule has 0 unspecified atom stereocenters. The Hall–Kier alpha value is -7.63. The van der Waals surface area contributed by atoms with Gasteiger partial charge < -0.3 is 4.57 Å². The highest BCUT2D eigenvalue weighted by molar-refractivity contribution is 6.26. The van der Waals surface area contributed by atoms with E-state index in [1.54, 1.807) is 6.08 Å². The maximum atomic E-state index is 5.20. The van der Waals surface area contributed by atoms with Crippen molar-refractivity contribution in [3.8, 4) is 45.5 Å². The Morgan fingerprint density at radius 3 is 1.74 bits per heavy atom. The number of para-hydroxylation sites is 2. The summed E-state index contributed by atoms with van der Waals surface area (Å²) < 4.78 is 4.67. The standard InChI is InChI=1S/C52H37N5/c1-3-4-8-19-35(2)39-30-32-46(43(34-39)36-20-9-5-10-21-36)56-44-28-17-15-26-40(44)41-31-33-47-48(49(41)56)42-27-16-18-29-45(42)57(47)52-54-50(37-22-11-6-12-23-37)53-51(55-52)38-24-13-7-14-25-38/h3-34H,1H2,2H3/b8-4-,35-19+. The molecule has 7 aromatic carbocycles. The van der Waals surface area contributed by atoms with E-state index in [2.05, 4.69) is 138 Å². The minimum absolute atomic E-state index is 0.568. The number of nitrogens with zero attached hydrogens (tertiary/aromatic N) is 5. The Morgan fingerprint density at radius 2 is 1.09 bits per heavy atom. The SMILES string of the molecule is C=C/C=C\C=C(/C)c1ccc(-n2c3ccccc3c3ccc4c(c5ccccc5n4-c4nc(-c5ccccc5)nc(-c5ccccc5)n4)c32)c(-c2ccccc2)c1. The van der Waals surface area contributed by atoms with E-state index in [1.807, 2.05) is 72.8 Å². The van der Waals surface area contributed by atoms with Gasteiger partial charge >= 0.3 is 0 Å². The van der Waals surface area contributed by atoms with Crippen molar-refractivity contribution in [2.75, 3.05) is 0 Å². The summed E-state index contributed by atoms with van der Waals surface area (Å²) in [5, 5.41) is 4.63. The molecule has 0 saturated carbocycles. The van der Waals surface area contributed by atoms with Gasteiger partial charge in [0.2, 0.25) is 5.95 Å². The highest BCUT2D eigenvalue weighted by Crippen LogP contribution is 2.43.